The molecule has 0 saturated heterocycles. The molecule has 0 spiro atoms. The highest BCUT2D eigenvalue weighted by molar-refractivity contribution is 7.16. The fourth-order valence-corrected chi connectivity index (χ4v) is 6.07. The van der Waals surface area contributed by atoms with Crippen LogP contribution in [0.1, 0.15) is 61.2 Å². The van der Waals surface area contributed by atoms with Crippen LogP contribution in [0.5, 0.6) is 11.5 Å². The number of aliphatic imine (C=N–C) groups is 1. The second-order valence-corrected chi connectivity index (χ2v) is 12.0. The Morgan fingerprint density at radius 1 is 1.17 bits per heavy atom. The number of rotatable bonds is 7. The molecule has 0 radical (unpaired) electrons. The quantitative estimate of drug-likeness (QED) is 0.281. The van der Waals surface area contributed by atoms with Crippen LogP contribution in [0.4, 0.5) is 5.00 Å². The minimum Gasteiger partial charge on any atom is -0.490 e. The van der Waals surface area contributed by atoms with Gasteiger partial charge in [-0.25, -0.2) is 4.99 Å². The molecule has 1 aromatic heterocycles. The van der Waals surface area contributed by atoms with Gasteiger partial charge in [0, 0.05) is 16.1 Å². The third kappa shape index (κ3) is 6.06. The molecule has 4 rings (SSSR count). The van der Waals surface area contributed by atoms with Crippen LogP contribution < -0.4 is 9.47 Å². The Morgan fingerprint density at radius 2 is 1.92 bits per heavy atom. The van der Waals surface area contributed by atoms with Crippen molar-refractivity contribution < 1.29 is 9.47 Å². The Hall–Kier alpha value is -2.52. The van der Waals surface area contributed by atoms with Crippen LogP contribution >= 0.6 is 34.5 Å². The number of fused-ring (bicyclic) bond motifs is 1. The van der Waals surface area contributed by atoms with E-state index in [-0.39, 0.29) is 5.41 Å². The number of hydrogen-bond acceptors (Lipinski definition) is 5. The highest BCUT2D eigenvalue weighted by Gasteiger charge is 2.32. The lowest BCUT2D eigenvalue weighted by Gasteiger charge is -2.33. The maximum absolute atomic E-state index is 9.87. The molecule has 7 heteroatoms. The van der Waals surface area contributed by atoms with Crippen molar-refractivity contribution in [2.24, 2.45) is 16.3 Å². The smallest absolute Gasteiger partial charge is 0.180 e. The van der Waals surface area contributed by atoms with E-state index < -0.39 is 0 Å². The van der Waals surface area contributed by atoms with Gasteiger partial charge in [0.2, 0.25) is 0 Å². The Balaban J connectivity index is 1.57. The second-order valence-electron chi connectivity index (χ2n) is 10.0. The van der Waals surface area contributed by atoms with Gasteiger partial charge in [-0.3, -0.25) is 0 Å². The molecule has 2 aromatic carbocycles. The molecule has 1 heterocycles. The largest absolute Gasteiger partial charge is 0.490 e. The summed E-state index contributed by atoms with van der Waals surface area (Å²) in [6.07, 6.45) is 4.80. The zero-order valence-corrected chi connectivity index (χ0v) is 23.4. The third-order valence-corrected chi connectivity index (χ3v) is 8.24. The highest BCUT2D eigenvalue weighted by atomic mass is 35.5. The Morgan fingerprint density at radius 3 is 2.58 bits per heavy atom. The number of benzene rings is 2. The normalized spacial score (nSPS) is 15.5. The highest BCUT2D eigenvalue weighted by Crippen LogP contribution is 2.45. The van der Waals surface area contributed by atoms with Gasteiger partial charge in [-0.15, -0.1) is 11.3 Å². The van der Waals surface area contributed by atoms with Gasteiger partial charge in [0.05, 0.1) is 17.2 Å². The van der Waals surface area contributed by atoms with Gasteiger partial charge >= 0.3 is 0 Å². The van der Waals surface area contributed by atoms with E-state index in [4.69, 9.17) is 37.7 Å². The molecule has 188 valence electrons. The van der Waals surface area contributed by atoms with Crippen LogP contribution in [0.2, 0.25) is 10.0 Å². The molecule has 0 aliphatic heterocycles. The summed E-state index contributed by atoms with van der Waals surface area (Å²) in [7, 11) is 0. The molecule has 0 amide bonds. The lowest BCUT2D eigenvalue weighted by Crippen LogP contribution is -2.26. The van der Waals surface area contributed by atoms with E-state index in [1.807, 2.05) is 37.3 Å². The van der Waals surface area contributed by atoms with E-state index in [1.165, 1.54) is 10.4 Å². The monoisotopic (exact) mass is 540 g/mol. The average Bonchev–Trinajstić information content (AvgIpc) is 3.19. The van der Waals surface area contributed by atoms with Crippen molar-refractivity contribution >= 4 is 45.8 Å². The van der Waals surface area contributed by atoms with Gasteiger partial charge in [0.15, 0.2) is 11.5 Å². The summed E-state index contributed by atoms with van der Waals surface area (Å²) in [4.78, 5) is 6.01. The molecule has 36 heavy (non-hydrogen) atoms. The summed E-state index contributed by atoms with van der Waals surface area (Å²) in [5.41, 5.74) is 3.89. The van der Waals surface area contributed by atoms with Crippen LogP contribution in [-0.4, -0.2) is 12.8 Å². The molecule has 0 saturated carbocycles. The Labute approximate surface area is 227 Å². The van der Waals surface area contributed by atoms with Crippen molar-refractivity contribution in [2.45, 2.75) is 53.6 Å². The zero-order chi connectivity index (χ0) is 25.9. The van der Waals surface area contributed by atoms with Crippen LogP contribution in [-0.2, 0) is 19.4 Å². The third-order valence-electron chi connectivity index (χ3n) is 6.54. The van der Waals surface area contributed by atoms with Gasteiger partial charge in [-0.05, 0) is 78.5 Å². The molecule has 3 aromatic rings. The van der Waals surface area contributed by atoms with E-state index in [1.54, 1.807) is 23.6 Å². The summed E-state index contributed by atoms with van der Waals surface area (Å²) in [5, 5.41) is 11.7. The second kappa shape index (κ2) is 11.3. The van der Waals surface area contributed by atoms with Gasteiger partial charge in [0.25, 0.3) is 0 Å². The predicted molar refractivity (Wildman–Crippen MR) is 150 cm³/mol. The van der Waals surface area contributed by atoms with Crippen LogP contribution in [0.3, 0.4) is 0 Å². The first-order chi connectivity index (χ1) is 17.2. The predicted octanol–water partition coefficient (Wildman–Crippen LogP) is 8.81. The molecular weight excluding hydrogens is 511 g/mol. The molecular formula is C29H30Cl2N2O2S. The van der Waals surface area contributed by atoms with Crippen molar-refractivity contribution in [2.75, 3.05) is 6.61 Å². The first kappa shape index (κ1) is 26.5. The van der Waals surface area contributed by atoms with Gasteiger partial charge in [-0.1, -0.05) is 56.1 Å². The lowest BCUT2D eigenvalue weighted by atomic mass is 9.72. The number of ether oxygens (including phenoxy) is 2. The van der Waals surface area contributed by atoms with Crippen LogP contribution in [0.25, 0.3) is 0 Å². The molecule has 0 N–H and O–H groups in total. The van der Waals surface area contributed by atoms with Gasteiger partial charge < -0.3 is 9.47 Å². The molecule has 4 nitrogen and oxygen atoms in total. The number of halogens is 2. The van der Waals surface area contributed by atoms with E-state index in [0.717, 1.165) is 35.4 Å². The van der Waals surface area contributed by atoms with Crippen molar-refractivity contribution in [3.63, 3.8) is 0 Å². The van der Waals surface area contributed by atoms with E-state index in [9.17, 15) is 5.26 Å². The summed E-state index contributed by atoms with van der Waals surface area (Å²) in [6.45, 7) is 9.61. The molecule has 0 unspecified atom stereocenters. The minimum atomic E-state index is 0.252. The fourth-order valence-electron chi connectivity index (χ4n) is 4.45. The summed E-state index contributed by atoms with van der Waals surface area (Å²) >= 11 is 14.2. The number of thiophene rings is 1. The fraction of sp³-hybridized carbons (Fsp3) is 0.379. The Kier molecular flexibility index (Phi) is 8.30. The molecule has 0 bridgehead atoms. The number of hydrogen-bond donors (Lipinski definition) is 0. The minimum absolute atomic E-state index is 0.252. The van der Waals surface area contributed by atoms with Crippen LogP contribution in [0, 0.1) is 22.7 Å². The average molecular weight is 542 g/mol. The first-order valence-corrected chi connectivity index (χ1v) is 13.7. The van der Waals surface area contributed by atoms with E-state index in [0.29, 0.717) is 46.2 Å². The summed E-state index contributed by atoms with van der Waals surface area (Å²) in [5.74, 6) is 1.66. The maximum atomic E-state index is 9.87. The maximum Gasteiger partial charge on any atom is 0.180 e. The van der Waals surface area contributed by atoms with Crippen molar-refractivity contribution in [1.29, 1.82) is 5.26 Å². The lowest BCUT2D eigenvalue weighted by molar-refractivity contribution is 0.218. The standard InChI is InChI=1S/C29H30Cl2N2O2S/c1-5-34-25-13-19(12-24(31)27(25)35-17-18-6-9-21(30)10-7-18)16-33-28-23(15-32)22-11-8-20(29(2,3)4)14-26(22)36-28/h6-7,9-10,12-13,16,20H,5,8,11,14,17H2,1-4H3/t20-/m0/s1. The molecule has 1 atom stereocenters. The zero-order valence-electron chi connectivity index (χ0n) is 21.0. The molecule has 1 aliphatic carbocycles. The topological polar surface area (TPSA) is 54.6 Å². The number of nitriles is 1. The van der Waals surface area contributed by atoms with Gasteiger partial charge in [-0.2, -0.15) is 5.26 Å². The first-order valence-electron chi connectivity index (χ1n) is 12.1. The summed E-state index contributed by atoms with van der Waals surface area (Å²) in [6, 6.07) is 13.5. The van der Waals surface area contributed by atoms with E-state index in [2.05, 4.69) is 26.8 Å². The summed E-state index contributed by atoms with van der Waals surface area (Å²) < 4.78 is 11.8. The SMILES string of the molecule is CCOc1cc(C=Nc2sc3c(c2C#N)CC[C@H](C(C)(C)C)C3)cc(Cl)c1OCc1ccc(Cl)cc1. The Bertz CT molecular complexity index is 1300. The van der Waals surface area contributed by atoms with Crippen molar-refractivity contribution in [3.05, 3.63) is 73.6 Å². The molecule has 0 fully saturated rings. The van der Waals surface area contributed by atoms with Crippen LogP contribution in [0.15, 0.2) is 41.4 Å². The number of nitrogens with zero attached hydrogens (tertiary/aromatic N) is 2. The van der Waals surface area contributed by atoms with Crippen molar-refractivity contribution in [1.82, 2.24) is 0 Å². The molecule has 1 aliphatic rings. The van der Waals surface area contributed by atoms with Gasteiger partial charge in [0.1, 0.15) is 17.7 Å². The van der Waals surface area contributed by atoms with E-state index >= 15 is 0 Å². The van der Waals surface area contributed by atoms with Crippen molar-refractivity contribution in [3.8, 4) is 17.6 Å².